The van der Waals surface area contributed by atoms with E-state index >= 15 is 0 Å². The molecule has 1 aromatic carbocycles. The summed E-state index contributed by atoms with van der Waals surface area (Å²) in [6.07, 6.45) is 5.85. The number of amides is 1. The Kier molecular flexibility index (Phi) is 6.66. The van der Waals surface area contributed by atoms with E-state index in [9.17, 15) is 14.0 Å². The van der Waals surface area contributed by atoms with E-state index in [0.717, 1.165) is 25.0 Å². The first-order valence-electron chi connectivity index (χ1n) is 7.55. The molecule has 0 atom stereocenters. The van der Waals surface area contributed by atoms with Gasteiger partial charge in [-0.3, -0.25) is 4.79 Å². The smallest absolute Gasteiger partial charge is 0.340 e. The minimum Gasteiger partial charge on any atom is -0.452 e. The van der Waals surface area contributed by atoms with Crippen molar-refractivity contribution in [3.8, 4) is 0 Å². The van der Waals surface area contributed by atoms with E-state index in [1.54, 1.807) is 0 Å². The summed E-state index contributed by atoms with van der Waals surface area (Å²) in [5.41, 5.74) is -0.159. The van der Waals surface area contributed by atoms with Gasteiger partial charge in [-0.15, -0.1) is 0 Å². The highest BCUT2D eigenvalue weighted by Crippen LogP contribution is 2.25. The predicted octanol–water partition coefficient (Wildman–Crippen LogP) is 3.99. The molecule has 0 saturated heterocycles. The molecule has 1 fully saturated rings. The van der Waals surface area contributed by atoms with Crippen molar-refractivity contribution in [3.05, 3.63) is 33.6 Å². The van der Waals surface area contributed by atoms with Crippen molar-refractivity contribution in [3.63, 3.8) is 0 Å². The van der Waals surface area contributed by atoms with Crippen molar-refractivity contribution in [2.75, 3.05) is 13.2 Å². The molecule has 1 aromatic rings. The Morgan fingerprint density at radius 3 is 2.57 bits per heavy atom. The molecule has 126 valence electrons. The fourth-order valence-electron chi connectivity index (χ4n) is 2.59. The van der Waals surface area contributed by atoms with Crippen molar-refractivity contribution >= 4 is 35.1 Å². The second-order valence-electron chi connectivity index (χ2n) is 5.63. The van der Waals surface area contributed by atoms with Gasteiger partial charge in [0.1, 0.15) is 5.82 Å². The Balaban J connectivity index is 1.79. The Bertz CT molecular complexity index is 589. The molecule has 0 bridgehead atoms. The first-order valence-corrected chi connectivity index (χ1v) is 8.31. The zero-order chi connectivity index (χ0) is 16.8. The lowest BCUT2D eigenvalue weighted by atomic mass is 9.89. The second kappa shape index (κ2) is 8.50. The molecule has 0 radical (unpaired) electrons. The molecule has 7 heteroatoms. The lowest BCUT2D eigenvalue weighted by Crippen LogP contribution is -2.33. The topological polar surface area (TPSA) is 55.4 Å². The number of hydrogen-bond donors (Lipinski definition) is 1. The summed E-state index contributed by atoms with van der Waals surface area (Å²) < 4.78 is 18.2. The highest BCUT2D eigenvalue weighted by molar-refractivity contribution is 6.36. The van der Waals surface area contributed by atoms with E-state index in [4.69, 9.17) is 27.9 Å². The average Bonchev–Trinajstić information content (AvgIpc) is 2.55. The lowest BCUT2D eigenvalue weighted by molar-refractivity contribution is -0.124. The highest BCUT2D eigenvalue weighted by Gasteiger charge is 2.18. The SMILES string of the molecule is O=C(COC(=O)c1cc(F)c(Cl)cc1Cl)NCC1CCCCC1. The number of halogens is 3. The molecule has 0 aliphatic heterocycles. The third-order valence-corrected chi connectivity index (χ3v) is 4.48. The molecule has 0 heterocycles. The number of esters is 1. The standard InChI is InChI=1S/C16H18Cl2FNO3/c17-12-7-13(18)14(19)6-11(12)16(22)23-9-15(21)20-8-10-4-2-1-3-5-10/h6-7,10H,1-5,8-9H2,(H,20,21). The number of rotatable bonds is 5. The van der Waals surface area contributed by atoms with Gasteiger partial charge in [-0.1, -0.05) is 42.5 Å². The summed E-state index contributed by atoms with van der Waals surface area (Å²) in [7, 11) is 0. The van der Waals surface area contributed by atoms with E-state index in [1.807, 2.05) is 0 Å². The van der Waals surface area contributed by atoms with Crippen LogP contribution in [0.2, 0.25) is 10.0 Å². The maximum atomic E-state index is 13.4. The number of carbonyl (C=O) groups is 2. The monoisotopic (exact) mass is 361 g/mol. The maximum Gasteiger partial charge on any atom is 0.340 e. The van der Waals surface area contributed by atoms with Crippen LogP contribution in [0.5, 0.6) is 0 Å². The molecule has 1 saturated carbocycles. The molecule has 1 N–H and O–H groups in total. The van der Waals surface area contributed by atoms with Crippen LogP contribution in [0.1, 0.15) is 42.5 Å². The number of hydrogen-bond acceptors (Lipinski definition) is 3. The van der Waals surface area contributed by atoms with E-state index in [1.165, 1.54) is 19.3 Å². The Morgan fingerprint density at radius 2 is 1.87 bits per heavy atom. The van der Waals surface area contributed by atoms with Gasteiger partial charge in [0.2, 0.25) is 0 Å². The molecule has 1 aliphatic rings. The molecule has 0 unspecified atom stereocenters. The molecule has 1 amide bonds. The predicted molar refractivity (Wildman–Crippen MR) is 86.3 cm³/mol. The van der Waals surface area contributed by atoms with E-state index in [2.05, 4.69) is 5.32 Å². The van der Waals surface area contributed by atoms with Crippen molar-refractivity contribution in [1.82, 2.24) is 5.32 Å². The van der Waals surface area contributed by atoms with Crippen LogP contribution in [0.3, 0.4) is 0 Å². The van der Waals surface area contributed by atoms with Gasteiger partial charge in [0.05, 0.1) is 15.6 Å². The molecule has 0 spiro atoms. The average molecular weight is 362 g/mol. The number of ether oxygens (including phenoxy) is 1. The van der Waals surface area contributed by atoms with Crippen molar-refractivity contribution in [2.45, 2.75) is 32.1 Å². The van der Waals surface area contributed by atoms with Crippen molar-refractivity contribution in [1.29, 1.82) is 0 Å². The summed E-state index contributed by atoms with van der Waals surface area (Å²) in [6.45, 7) is 0.166. The summed E-state index contributed by atoms with van der Waals surface area (Å²) in [5.74, 6) is -1.53. The summed E-state index contributed by atoms with van der Waals surface area (Å²) in [5, 5.41) is 2.54. The van der Waals surface area contributed by atoms with Gasteiger partial charge >= 0.3 is 5.97 Å². The van der Waals surface area contributed by atoms with E-state index < -0.39 is 18.4 Å². The minimum atomic E-state index is -0.863. The number of nitrogens with one attached hydrogen (secondary N) is 1. The zero-order valence-corrected chi connectivity index (χ0v) is 14.1. The Morgan fingerprint density at radius 1 is 1.17 bits per heavy atom. The molecule has 1 aliphatic carbocycles. The van der Waals surface area contributed by atoms with Crippen LogP contribution >= 0.6 is 23.2 Å². The van der Waals surface area contributed by atoms with Crippen LogP contribution < -0.4 is 5.32 Å². The van der Waals surface area contributed by atoms with E-state index in [0.29, 0.717) is 12.5 Å². The zero-order valence-electron chi connectivity index (χ0n) is 12.5. The Hall–Kier alpha value is -1.33. The van der Waals surface area contributed by atoms with Gasteiger partial charge in [-0.05, 0) is 30.9 Å². The fraction of sp³-hybridized carbons (Fsp3) is 0.500. The fourth-order valence-corrected chi connectivity index (χ4v) is 3.05. The first-order chi connectivity index (χ1) is 11.0. The number of benzene rings is 1. The normalized spacial score (nSPS) is 15.3. The Labute approximate surface area is 144 Å². The van der Waals surface area contributed by atoms with Crippen molar-refractivity contribution < 1.29 is 18.7 Å². The molecule has 0 aromatic heterocycles. The molecule has 23 heavy (non-hydrogen) atoms. The third-order valence-electron chi connectivity index (χ3n) is 3.88. The molecular formula is C16H18Cl2FNO3. The highest BCUT2D eigenvalue weighted by atomic mass is 35.5. The van der Waals surface area contributed by atoms with Gasteiger partial charge in [0, 0.05) is 6.54 Å². The first kappa shape index (κ1) is 18.0. The van der Waals surface area contributed by atoms with Crippen molar-refractivity contribution in [2.24, 2.45) is 5.92 Å². The van der Waals surface area contributed by atoms with Crippen LogP contribution in [0.15, 0.2) is 12.1 Å². The third kappa shape index (κ3) is 5.36. The summed E-state index contributed by atoms with van der Waals surface area (Å²) >= 11 is 11.4. The van der Waals surface area contributed by atoms with Crippen LogP contribution in [0.25, 0.3) is 0 Å². The van der Waals surface area contributed by atoms with E-state index in [-0.39, 0.29) is 21.5 Å². The van der Waals surface area contributed by atoms with Crippen LogP contribution in [0, 0.1) is 11.7 Å². The largest absolute Gasteiger partial charge is 0.452 e. The van der Waals surface area contributed by atoms with Gasteiger partial charge in [-0.2, -0.15) is 0 Å². The quantitative estimate of drug-likeness (QED) is 0.637. The van der Waals surface area contributed by atoms with Gasteiger partial charge in [-0.25, -0.2) is 9.18 Å². The lowest BCUT2D eigenvalue weighted by Gasteiger charge is -2.21. The van der Waals surface area contributed by atoms with Gasteiger partial charge in [0.25, 0.3) is 5.91 Å². The van der Waals surface area contributed by atoms with Crippen LogP contribution in [0.4, 0.5) is 4.39 Å². The van der Waals surface area contributed by atoms with Gasteiger partial charge in [0.15, 0.2) is 6.61 Å². The van der Waals surface area contributed by atoms with Crippen LogP contribution in [-0.4, -0.2) is 25.0 Å². The number of carbonyl (C=O) groups excluding carboxylic acids is 2. The minimum absolute atomic E-state index is 0.0241. The molecule has 2 rings (SSSR count). The summed E-state index contributed by atoms with van der Waals surface area (Å²) in [6, 6.07) is 2.02. The summed E-state index contributed by atoms with van der Waals surface area (Å²) in [4.78, 5) is 23.6. The second-order valence-corrected chi connectivity index (χ2v) is 6.44. The molecular weight excluding hydrogens is 344 g/mol. The molecule has 4 nitrogen and oxygen atoms in total. The van der Waals surface area contributed by atoms with Gasteiger partial charge < -0.3 is 10.1 Å². The van der Waals surface area contributed by atoms with Crippen LogP contribution in [-0.2, 0) is 9.53 Å². The maximum absolute atomic E-state index is 13.4.